The molecule has 4 nitrogen and oxygen atoms in total. The SMILES string of the molecule is CC(=O)OCC(C)=C1C=COC(=O)C1. The molecule has 0 amide bonds. The summed E-state index contributed by atoms with van der Waals surface area (Å²) in [4.78, 5) is 21.4. The molecular weight excluding hydrogens is 184 g/mol. The Labute approximate surface area is 82.2 Å². The largest absolute Gasteiger partial charge is 0.461 e. The van der Waals surface area contributed by atoms with Gasteiger partial charge in [0.2, 0.25) is 0 Å². The second-order valence-corrected chi connectivity index (χ2v) is 3.06. The fraction of sp³-hybridized carbons (Fsp3) is 0.400. The van der Waals surface area contributed by atoms with Gasteiger partial charge in [-0.2, -0.15) is 0 Å². The number of rotatable bonds is 2. The highest BCUT2D eigenvalue weighted by molar-refractivity contribution is 5.75. The minimum atomic E-state index is -0.327. The molecule has 1 rings (SSSR count). The Kier molecular flexibility index (Phi) is 3.45. The van der Waals surface area contributed by atoms with Crippen LogP contribution >= 0.6 is 0 Å². The number of hydrogen-bond donors (Lipinski definition) is 0. The maximum absolute atomic E-state index is 10.9. The fourth-order valence-electron chi connectivity index (χ4n) is 1.04. The van der Waals surface area contributed by atoms with Crippen LogP contribution in [0.4, 0.5) is 0 Å². The molecule has 0 saturated carbocycles. The highest BCUT2D eigenvalue weighted by Crippen LogP contribution is 2.16. The first-order chi connectivity index (χ1) is 6.59. The highest BCUT2D eigenvalue weighted by Gasteiger charge is 2.12. The lowest BCUT2D eigenvalue weighted by Crippen LogP contribution is -2.09. The van der Waals surface area contributed by atoms with E-state index in [-0.39, 0.29) is 25.0 Å². The van der Waals surface area contributed by atoms with E-state index in [0.717, 1.165) is 11.1 Å². The Bertz CT molecular complexity index is 312. The Morgan fingerprint density at radius 1 is 1.57 bits per heavy atom. The third kappa shape index (κ3) is 3.05. The minimum Gasteiger partial charge on any atom is -0.461 e. The summed E-state index contributed by atoms with van der Waals surface area (Å²) in [7, 11) is 0. The van der Waals surface area contributed by atoms with E-state index in [4.69, 9.17) is 4.74 Å². The van der Waals surface area contributed by atoms with Crippen molar-refractivity contribution in [3.63, 3.8) is 0 Å². The number of cyclic esters (lactones) is 1. The topological polar surface area (TPSA) is 52.6 Å². The van der Waals surface area contributed by atoms with Crippen LogP contribution in [-0.2, 0) is 19.1 Å². The van der Waals surface area contributed by atoms with Crippen molar-refractivity contribution in [3.05, 3.63) is 23.5 Å². The van der Waals surface area contributed by atoms with Gasteiger partial charge in [0, 0.05) is 6.92 Å². The van der Waals surface area contributed by atoms with E-state index < -0.39 is 0 Å². The molecule has 0 atom stereocenters. The van der Waals surface area contributed by atoms with E-state index in [9.17, 15) is 9.59 Å². The molecule has 0 unspecified atom stereocenters. The average molecular weight is 196 g/mol. The van der Waals surface area contributed by atoms with E-state index in [1.54, 1.807) is 6.08 Å². The van der Waals surface area contributed by atoms with Crippen molar-refractivity contribution in [1.82, 2.24) is 0 Å². The summed E-state index contributed by atoms with van der Waals surface area (Å²) in [5.74, 6) is -0.614. The van der Waals surface area contributed by atoms with E-state index in [2.05, 4.69) is 4.74 Å². The van der Waals surface area contributed by atoms with Gasteiger partial charge in [-0.25, -0.2) is 0 Å². The molecule has 0 aromatic heterocycles. The van der Waals surface area contributed by atoms with Crippen LogP contribution in [0.2, 0.25) is 0 Å². The van der Waals surface area contributed by atoms with E-state index >= 15 is 0 Å². The molecule has 0 spiro atoms. The van der Waals surface area contributed by atoms with Crippen LogP contribution in [0, 0.1) is 0 Å². The van der Waals surface area contributed by atoms with Gasteiger partial charge in [-0.1, -0.05) is 0 Å². The summed E-state index contributed by atoms with van der Waals surface area (Å²) in [6, 6.07) is 0. The molecule has 0 saturated heterocycles. The summed E-state index contributed by atoms with van der Waals surface area (Å²) in [5, 5.41) is 0. The normalized spacial score (nSPS) is 18.9. The van der Waals surface area contributed by atoms with E-state index in [1.165, 1.54) is 13.2 Å². The predicted molar refractivity (Wildman–Crippen MR) is 49.2 cm³/mol. The summed E-state index contributed by atoms with van der Waals surface area (Å²) in [5.41, 5.74) is 1.72. The lowest BCUT2D eigenvalue weighted by atomic mass is 10.1. The van der Waals surface area contributed by atoms with Gasteiger partial charge in [-0.15, -0.1) is 0 Å². The molecule has 14 heavy (non-hydrogen) atoms. The zero-order valence-corrected chi connectivity index (χ0v) is 8.20. The Balaban J connectivity index is 2.63. The second-order valence-electron chi connectivity index (χ2n) is 3.06. The predicted octanol–water partition coefficient (Wildman–Crippen LogP) is 1.33. The van der Waals surface area contributed by atoms with Crippen LogP contribution in [0.15, 0.2) is 23.5 Å². The van der Waals surface area contributed by atoms with Gasteiger partial charge >= 0.3 is 11.9 Å². The zero-order valence-electron chi connectivity index (χ0n) is 8.20. The molecule has 0 bridgehead atoms. The van der Waals surface area contributed by atoms with Crippen LogP contribution in [0.5, 0.6) is 0 Å². The number of hydrogen-bond acceptors (Lipinski definition) is 4. The molecule has 1 aliphatic heterocycles. The molecule has 0 fully saturated rings. The first-order valence-corrected chi connectivity index (χ1v) is 4.27. The summed E-state index contributed by atoms with van der Waals surface area (Å²) in [6.07, 6.45) is 3.29. The van der Waals surface area contributed by atoms with E-state index in [1.807, 2.05) is 6.92 Å². The lowest BCUT2D eigenvalue weighted by molar-refractivity contribution is -0.140. The number of carbonyl (C=O) groups is 2. The zero-order chi connectivity index (χ0) is 10.6. The van der Waals surface area contributed by atoms with Crippen molar-refractivity contribution >= 4 is 11.9 Å². The molecule has 0 radical (unpaired) electrons. The molecule has 0 N–H and O–H groups in total. The number of carbonyl (C=O) groups excluding carboxylic acids is 2. The van der Waals surface area contributed by atoms with Gasteiger partial charge < -0.3 is 9.47 Å². The molecule has 1 aliphatic rings. The smallest absolute Gasteiger partial charge is 0.315 e. The fourth-order valence-corrected chi connectivity index (χ4v) is 1.04. The minimum absolute atomic E-state index is 0.224. The van der Waals surface area contributed by atoms with Crippen molar-refractivity contribution in [3.8, 4) is 0 Å². The van der Waals surface area contributed by atoms with Gasteiger partial charge in [-0.05, 0) is 24.1 Å². The quantitative estimate of drug-likeness (QED) is 0.625. The molecule has 0 aliphatic carbocycles. The Morgan fingerprint density at radius 2 is 2.29 bits per heavy atom. The number of ether oxygens (including phenoxy) is 2. The first kappa shape index (κ1) is 10.5. The monoisotopic (exact) mass is 196 g/mol. The van der Waals surface area contributed by atoms with Crippen molar-refractivity contribution in [2.75, 3.05) is 6.61 Å². The number of allylic oxidation sites excluding steroid dienone is 1. The highest BCUT2D eigenvalue weighted by atomic mass is 16.5. The summed E-state index contributed by atoms with van der Waals surface area (Å²) in [6.45, 7) is 3.40. The van der Waals surface area contributed by atoms with Crippen LogP contribution in [0.1, 0.15) is 20.3 Å². The molecular formula is C10H12O4. The molecule has 76 valence electrons. The van der Waals surface area contributed by atoms with Gasteiger partial charge in [0.15, 0.2) is 0 Å². The molecule has 0 aromatic rings. The van der Waals surface area contributed by atoms with Gasteiger partial charge in [0.05, 0.1) is 12.7 Å². The summed E-state index contributed by atoms with van der Waals surface area (Å²) < 4.78 is 9.43. The standard InChI is InChI=1S/C10H12O4/c1-7(6-14-8(2)11)9-3-4-13-10(12)5-9/h3-4H,5-6H2,1-2H3. The van der Waals surface area contributed by atoms with Crippen LogP contribution in [0.3, 0.4) is 0 Å². The van der Waals surface area contributed by atoms with Gasteiger partial charge in [0.25, 0.3) is 0 Å². The van der Waals surface area contributed by atoms with Crippen molar-refractivity contribution in [2.45, 2.75) is 20.3 Å². The van der Waals surface area contributed by atoms with Crippen LogP contribution in [-0.4, -0.2) is 18.5 Å². The lowest BCUT2D eigenvalue weighted by Gasteiger charge is -2.11. The van der Waals surface area contributed by atoms with Gasteiger partial charge in [0.1, 0.15) is 6.61 Å². The molecule has 4 heteroatoms. The Morgan fingerprint density at radius 3 is 2.86 bits per heavy atom. The van der Waals surface area contributed by atoms with Crippen molar-refractivity contribution < 1.29 is 19.1 Å². The third-order valence-corrected chi connectivity index (χ3v) is 1.84. The average Bonchev–Trinajstić information content (AvgIpc) is 2.14. The van der Waals surface area contributed by atoms with Crippen molar-refractivity contribution in [1.29, 1.82) is 0 Å². The van der Waals surface area contributed by atoms with Crippen molar-refractivity contribution in [2.24, 2.45) is 0 Å². The van der Waals surface area contributed by atoms with Gasteiger partial charge in [-0.3, -0.25) is 9.59 Å². The molecule has 1 heterocycles. The summed E-state index contributed by atoms with van der Waals surface area (Å²) >= 11 is 0. The van der Waals surface area contributed by atoms with E-state index in [0.29, 0.717) is 0 Å². The maximum atomic E-state index is 10.9. The molecule has 0 aromatic carbocycles. The third-order valence-electron chi connectivity index (χ3n) is 1.84. The van der Waals surface area contributed by atoms with Crippen LogP contribution < -0.4 is 0 Å². The second kappa shape index (κ2) is 4.60. The maximum Gasteiger partial charge on any atom is 0.315 e. The van der Waals surface area contributed by atoms with Crippen LogP contribution in [0.25, 0.3) is 0 Å². The number of esters is 2. The first-order valence-electron chi connectivity index (χ1n) is 4.27. The Hall–Kier alpha value is -1.58.